The second-order valence-corrected chi connectivity index (χ2v) is 3.62. The van der Waals surface area contributed by atoms with Crippen LogP contribution in [0.4, 0.5) is 0 Å². The number of hydrogen-bond acceptors (Lipinski definition) is 3. The number of rotatable bonds is 2. The highest BCUT2D eigenvalue weighted by Gasteiger charge is 2.12. The number of methoxy groups -OCH3 is 1. The van der Waals surface area contributed by atoms with Crippen molar-refractivity contribution in [2.75, 3.05) is 7.04 Å². The minimum atomic E-state index is -3.98. The summed E-state index contributed by atoms with van der Waals surface area (Å²) in [7, 11) is -6.69. The van der Waals surface area contributed by atoms with E-state index in [0.29, 0.717) is 0 Å². The second-order valence-electron chi connectivity index (χ2n) is 2.09. The molecule has 0 radical (unpaired) electrons. The van der Waals surface area contributed by atoms with E-state index in [1.807, 2.05) is 0 Å². The number of ether oxygens (including phenoxy) is 1. The monoisotopic (exact) mass is 190 g/mol. The molecule has 1 aromatic rings. The van der Waals surface area contributed by atoms with Gasteiger partial charge in [0.2, 0.25) is 10.0 Å². The summed E-state index contributed by atoms with van der Waals surface area (Å²) in [5, 5.41) is 4.88. The van der Waals surface area contributed by atoms with Crippen LogP contribution in [0, 0.1) is 0 Å². The summed E-state index contributed by atoms with van der Waals surface area (Å²) in [6, 6.07) is 5.28. The van der Waals surface area contributed by atoms with Gasteiger partial charge in [-0.05, 0) is 12.1 Å². The average Bonchev–Trinajstić information content (AvgIpc) is 1.99. The third kappa shape index (κ3) is 1.75. The number of primary sulfonamides is 1. The Hall–Kier alpha value is -1.07. The van der Waals surface area contributed by atoms with E-state index in [0.717, 1.165) is 0 Å². The Kier molecular flexibility index (Phi) is 1.44. The maximum absolute atomic E-state index is 11.1. The zero-order valence-corrected chi connectivity index (χ0v) is 6.84. The lowest BCUT2D eigenvalue weighted by molar-refractivity contribution is 0.403. The molecule has 4 nitrogen and oxygen atoms in total. The molecule has 5 heteroatoms. The van der Waals surface area contributed by atoms with Crippen LogP contribution >= 0.6 is 0 Å². The molecule has 0 aliphatic rings. The van der Waals surface area contributed by atoms with Crippen molar-refractivity contribution in [1.29, 1.82) is 0 Å². The van der Waals surface area contributed by atoms with Crippen LogP contribution in [-0.4, -0.2) is 15.5 Å². The van der Waals surface area contributed by atoms with Gasteiger partial charge in [0.1, 0.15) is 10.6 Å². The largest absolute Gasteiger partial charge is 0.495 e. The van der Waals surface area contributed by atoms with Crippen LogP contribution in [0.3, 0.4) is 0 Å². The van der Waals surface area contributed by atoms with E-state index in [1.165, 1.54) is 24.3 Å². The highest BCUT2D eigenvalue weighted by Crippen LogP contribution is 2.20. The first-order valence-corrected chi connectivity index (χ1v) is 4.56. The van der Waals surface area contributed by atoms with E-state index in [9.17, 15) is 8.42 Å². The van der Waals surface area contributed by atoms with E-state index in [2.05, 4.69) is 4.74 Å². The van der Waals surface area contributed by atoms with Gasteiger partial charge in [0.25, 0.3) is 0 Å². The molecule has 0 aliphatic heterocycles. The predicted molar refractivity (Wildman–Crippen MR) is 44.4 cm³/mol. The van der Waals surface area contributed by atoms with Gasteiger partial charge in [0, 0.05) is 0 Å². The minimum absolute atomic E-state index is 0.278. The summed E-state index contributed by atoms with van der Waals surface area (Å²) < 4.78 is 47.1. The Morgan fingerprint density at radius 2 is 2.17 bits per heavy atom. The Labute approximate surface area is 75.2 Å². The van der Waals surface area contributed by atoms with Gasteiger partial charge in [-0.1, -0.05) is 12.1 Å². The van der Waals surface area contributed by atoms with Crippen molar-refractivity contribution < 1.29 is 17.3 Å². The summed E-state index contributed by atoms with van der Waals surface area (Å²) >= 11 is 0. The van der Waals surface area contributed by atoms with Crippen LogP contribution in [-0.2, 0) is 10.0 Å². The van der Waals surface area contributed by atoms with Crippen molar-refractivity contribution in [3.8, 4) is 5.75 Å². The van der Waals surface area contributed by atoms with E-state index in [1.54, 1.807) is 0 Å². The maximum Gasteiger partial charge on any atom is 0.241 e. The molecular weight excluding hydrogens is 178 g/mol. The number of hydrogen-bond donors (Lipinski definition) is 1. The Morgan fingerprint density at radius 1 is 1.50 bits per heavy atom. The maximum atomic E-state index is 11.1. The predicted octanol–water partition coefficient (Wildman–Crippen LogP) is 0.343. The highest BCUT2D eigenvalue weighted by atomic mass is 32.2. The third-order valence-corrected chi connectivity index (χ3v) is 2.22. The summed E-state index contributed by atoms with van der Waals surface area (Å²) in [4.78, 5) is -0.346. The van der Waals surface area contributed by atoms with Crippen molar-refractivity contribution in [3.05, 3.63) is 24.3 Å². The Balaban J connectivity index is 3.20. The molecule has 0 saturated heterocycles. The number of nitrogens with two attached hydrogens (primary N) is 1. The molecule has 0 aromatic heterocycles. The van der Waals surface area contributed by atoms with Crippen LogP contribution in [0.1, 0.15) is 4.11 Å². The zero-order chi connectivity index (χ0) is 11.7. The molecule has 0 amide bonds. The zero-order valence-electron chi connectivity index (χ0n) is 9.02. The number of sulfonamides is 1. The van der Waals surface area contributed by atoms with Crippen LogP contribution < -0.4 is 9.88 Å². The van der Waals surface area contributed by atoms with E-state index in [-0.39, 0.29) is 10.6 Å². The quantitative estimate of drug-likeness (QED) is 0.731. The van der Waals surface area contributed by atoms with Crippen LogP contribution in [0.5, 0.6) is 5.75 Å². The van der Waals surface area contributed by atoms with Gasteiger partial charge in [-0.25, -0.2) is 13.6 Å². The first-order chi connectivity index (χ1) is 6.70. The highest BCUT2D eigenvalue weighted by molar-refractivity contribution is 7.89. The summed E-state index contributed by atoms with van der Waals surface area (Å²) in [5.74, 6) is -0.278. The molecule has 2 N–H and O–H groups in total. The molecule has 1 aromatic carbocycles. The molecule has 0 bridgehead atoms. The standard InChI is InChI=1S/C7H9NO3S/c1-11-6-4-2-3-5-7(6)12(8,9)10/h2-5H,1H3,(H2,8,9,10)/i1D3. The van der Waals surface area contributed by atoms with Crippen LogP contribution in [0.15, 0.2) is 29.2 Å². The fourth-order valence-corrected chi connectivity index (χ4v) is 1.43. The summed E-state index contributed by atoms with van der Waals surface area (Å²) in [6.07, 6.45) is 0. The molecule has 0 unspecified atom stereocenters. The van der Waals surface area contributed by atoms with E-state index < -0.39 is 17.1 Å². The first kappa shape index (κ1) is 5.55. The number of para-hydroxylation sites is 1. The molecule has 0 saturated carbocycles. The molecule has 1 rings (SSSR count). The van der Waals surface area contributed by atoms with E-state index in [4.69, 9.17) is 9.25 Å². The molecule has 12 heavy (non-hydrogen) atoms. The SMILES string of the molecule is [2H]C([2H])([2H])Oc1ccccc1S(N)(=O)=O. The molecular formula is C7H9NO3S. The average molecular weight is 190 g/mol. The van der Waals surface area contributed by atoms with E-state index >= 15 is 0 Å². The molecule has 0 heterocycles. The molecule has 66 valence electrons. The smallest absolute Gasteiger partial charge is 0.241 e. The summed E-state index contributed by atoms with van der Waals surface area (Å²) in [5.41, 5.74) is 0. The van der Waals surface area contributed by atoms with Gasteiger partial charge < -0.3 is 4.74 Å². The second kappa shape index (κ2) is 3.12. The van der Waals surface area contributed by atoms with Gasteiger partial charge in [0.05, 0.1) is 11.2 Å². The van der Waals surface area contributed by atoms with Gasteiger partial charge >= 0.3 is 0 Å². The molecule has 0 spiro atoms. The topological polar surface area (TPSA) is 69.4 Å². The first-order valence-electron chi connectivity index (χ1n) is 4.51. The number of benzene rings is 1. The van der Waals surface area contributed by atoms with Gasteiger partial charge in [-0.2, -0.15) is 0 Å². The van der Waals surface area contributed by atoms with Crippen molar-refractivity contribution in [2.45, 2.75) is 4.90 Å². The van der Waals surface area contributed by atoms with Crippen molar-refractivity contribution in [2.24, 2.45) is 5.14 Å². The summed E-state index contributed by atoms with van der Waals surface area (Å²) in [6.45, 7) is 0. The van der Waals surface area contributed by atoms with Crippen molar-refractivity contribution >= 4 is 10.0 Å². The third-order valence-electron chi connectivity index (χ3n) is 1.27. The Bertz CT molecular complexity index is 455. The fraction of sp³-hybridized carbons (Fsp3) is 0.143. The van der Waals surface area contributed by atoms with Crippen LogP contribution in [0.25, 0.3) is 0 Å². The lowest BCUT2D eigenvalue weighted by Gasteiger charge is -2.04. The van der Waals surface area contributed by atoms with Gasteiger partial charge in [-0.15, -0.1) is 0 Å². The van der Waals surface area contributed by atoms with Crippen molar-refractivity contribution in [1.82, 2.24) is 0 Å². The molecule has 0 fully saturated rings. The normalized spacial score (nSPS) is 15.9. The molecule has 0 aliphatic carbocycles. The van der Waals surface area contributed by atoms with Crippen molar-refractivity contribution in [3.63, 3.8) is 0 Å². The van der Waals surface area contributed by atoms with Crippen LogP contribution in [0.2, 0.25) is 0 Å². The minimum Gasteiger partial charge on any atom is -0.495 e. The van der Waals surface area contributed by atoms with Gasteiger partial charge in [0.15, 0.2) is 0 Å². The Morgan fingerprint density at radius 3 is 2.75 bits per heavy atom. The lowest BCUT2D eigenvalue weighted by Crippen LogP contribution is -2.13. The lowest BCUT2D eigenvalue weighted by atomic mass is 10.3. The fourth-order valence-electron chi connectivity index (χ4n) is 0.770. The van der Waals surface area contributed by atoms with Gasteiger partial charge in [-0.3, -0.25) is 0 Å². The molecule has 0 atom stereocenters.